The number of amides is 2. The second-order valence-electron chi connectivity index (χ2n) is 5.44. The zero-order valence-electron chi connectivity index (χ0n) is 13.0. The molecule has 0 bridgehead atoms. The molecule has 2 amide bonds. The molecule has 0 aromatic carbocycles. The van der Waals surface area contributed by atoms with Crippen molar-refractivity contribution in [1.29, 1.82) is 0 Å². The molecule has 0 aliphatic carbocycles. The fourth-order valence-corrected chi connectivity index (χ4v) is 2.60. The van der Waals surface area contributed by atoms with Crippen LogP contribution in [0.15, 0.2) is 12.4 Å². The van der Waals surface area contributed by atoms with E-state index in [1.807, 2.05) is 24.2 Å². The molecule has 0 saturated carbocycles. The second kappa shape index (κ2) is 8.02. The smallest absolute Gasteiger partial charge is 0.317 e. The van der Waals surface area contributed by atoms with E-state index >= 15 is 0 Å². The number of aromatic nitrogens is 2. The second-order valence-corrected chi connectivity index (χ2v) is 5.44. The summed E-state index contributed by atoms with van der Waals surface area (Å²) in [6, 6.07) is 0.260. The van der Waals surface area contributed by atoms with Gasteiger partial charge < -0.3 is 19.5 Å². The molecule has 1 aliphatic heterocycles. The van der Waals surface area contributed by atoms with E-state index in [0.717, 1.165) is 38.2 Å². The van der Waals surface area contributed by atoms with Gasteiger partial charge in [0.1, 0.15) is 5.82 Å². The van der Waals surface area contributed by atoms with Crippen molar-refractivity contribution in [2.75, 3.05) is 26.3 Å². The Morgan fingerprint density at radius 1 is 1.52 bits per heavy atom. The zero-order valence-corrected chi connectivity index (χ0v) is 13.0. The highest BCUT2D eigenvalue weighted by molar-refractivity contribution is 5.74. The molecule has 6 nitrogen and oxygen atoms in total. The molecule has 0 unspecified atom stereocenters. The molecular formula is C15H26N4O2. The predicted molar refractivity (Wildman–Crippen MR) is 81.2 cm³/mol. The third kappa shape index (κ3) is 4.46. The molecule has 1 aromatic heterocycles. The van der Waals surface area contributed by atoms with E-state index in [4.69, 9.17) is 4.74 Å². The van der Waals surface area contributed by atoms with Crippen LogP contribution in [-0.2, 0) is 11.3 Å². The lowest BCUT2D eigenvalue weighted by atomic mass is 10.2. The summed E-state index contributed by atoms with van der Waals surface area (Å²) in [5, 5.41) is 3.02. The minimum absolute atomic E-state index is 0.0453. The molecule has 6 heteroatoms. The Bertz CT molecular complexity index is 447. The number of ether oxygens (including phenoxy) is 1. The molecule has 1 aromatic rings. The van der Waals surface area contributed by atoms with Crippen molar-refractivity contribution in [2.24, 2.45) is 0 Å². The van der Waals surface area contributed by atoms with Gasteiger partial charge in [-0.25, -0.2) is 9.78 Å². The van der Waals surface area contributed by atoms with Gasteiger partial charge in [0, 0.05) is 32.0 Å². The Balaban J connectivity index is 1.63. The summed E-state index contributed by atoms with van der Waals surface area (Å²) >= 11 is 0. The first-order valence-electron chi connectivity index (χ1n) is 7.82. The summed E-state index contributed by atoms with van der Waals surface area (Å²) in [5.74, 6) is 1.04. The molecule has 1 saturated heterocycles. The fraction of sp³-hybridized carbons (Fsp3) is 0.733. The van der Waals surface area contributed by atoms with Crippen LogP contribution >= 0.6 is 0 Å². The summed E-state index contributed by atoms with van der Waals surface area (Å²) in [6.07, 6.45) is 6.77. The number of carbonyl (C=O) groups is 1. The third-order valence-electron chi connectivity index (χ3n) is 3.99. The van der Waals surface area contributed by atoms with Crippen molar-refractivity contribution < 1.29 is 9.53 Å². The van der Waals surface area contributed by atoms with Gasteiger partial charge in [-0.15, -0.1) is 0 Å². The first kappa shape index (κ1) is 15.8. The van der Waals surface area contributed by atoms with Crippen molar-refractivity contribution >= 4 is 6.03 Å². The van der Waals surface area contributed by atoms with E-state index in [9.17, 15) is 4.79 Å². The van der Waals surface area contributed by atoms with Crippen LogP contribution in [0.3, 0.4) is 0 Å². The van der Waals surface area contributed by atoms with E-state index in [2.05, 4.69) is 21.8 Å². The number of hydrogen-bond donors (Lipinski definition) is 1. The number of morpholine rings is 1. The molecule has 1 fully saturated rings. The van der Waals surface area contributed by atoms with Crippen molar-refractivity contribution in [3.63, 3.8) is 0 Å². The molecule has 2 heterocycles. The van der Waals surface area contributed by atoms with Gasteiger partial charge in [-0.1, -0.05) is 6.92 Å². The van der Waals surface area contributed by atoms with E-state index in [1.54, 1.807) is 0 Å². The lowest BCUT2D eigenvalue weighted by molar-refractivity contribution is 0.0113. The standard InChI is InChI=1S/C15H26N4O2/c1-3-14-12-21-11-10-19(14)15(20)17-6-4-5-8-18-9-7-16-13(18)2/h7,9,14H,3-6,8,10-12H2,1-2H3,(H,17,20)/t14-/m1/s1. The summed E-state index contributed by atoms with van der Waals surface area (Å²) in [6.45, 7) is 7.77. The fourth-order valence-electron chi connectivity index (χ4n) is 2.60. The number of carbonyl (C=O) groups excluding carboxylic acids is 1. The lowest BCUT2D eigenvalue weighted by Crippen LogP contribution is -2.52. The molecule has 21 heavy (non-hydrogen) atoms. The van der Waals surface area contributed by atoms with Gasteiger partial charge in [-0.2, -0.15) is 0 Å². The van der Waals surface area contributed by atoms with Gasteiger partial charge in [0.05, 0.1) is 19.3 Å². The predicted octanol–water partition coefficient (Wildman–Crippen LogP) is 1.79. The number of rotatable bonds is 6. The topological polar surface area (TPSA) is 59.4 Å². The number of nitrogens with one attached hydrogen (secondary N) is 1. The van der Waals surface area contributed by atoms with Gasteiger partial charge in [0.15, 0.2) is 0 Å². The van der Waals surface area contributed by atoms with Crippen LogP contribution in [0.4, 0.5) is 4.79 Å². The Morgan fingerprint density at radius 3 is 3.10 bits per heavy atom. The van der Waals surface area contributed by atoms with Crippen LogP contribution in [0.5, 0.6) is 0 Å². The van der Waals surface area contributed by atoms with Crippen LogP contribution in [-0.4, -0.2) is 52.8 Å². The van der Waals surface area contributed by atoms with Crippen molar-refractivity contribution in [3.8, 4) is 0 Å². The van der Waals surface area contributed by atoms with Crippen LogP contribution in [0.25, 0.3) is 0 Å². The minimum Gasteiger partial charge on any atom is -0.377 e. The lowest BCUT2D eigenvalue weighted by Gasteiger charge is -2.35. The van der Waals surface area contributed by atoms with E-state index < -0.39 is 0 Å². The first-order chi connectivity index (χ1) is 10.2. The maximum Gasteiger partial charge on any atom is 0.317 e. The Morgan fingerprint density at radius 2 is 2.38 bits per heavy atom. The van der Waals surface area contributed by atoms with Crippen LogP contribution in [0, 0.1) is 6.92 Å². The Kier molecular flexibility index (Phi) is 6.04. The molecular weight excluding hydrogens is 268 g/mol. The number of unbranched alkanes of at least 4 members (excludes halogenated alkanes) is 1. The quantitative estimate of drug-likeness (QED) is 0.814. The number of urea groups is 1. The molecule has 118 valence electrons. The van der Waals surface area contributed by atoms with Crippen molar-refractivity contribution in [3.05, 3.63) is 18.2 Å². The largest absolute Gasteiger partial charge is 0.377 e. The molecule has 2 rings (SSSR count). The van der Waals surface area contributed by atoms with Gasteiger partial charge in [-0.3, -0.25) is 0 Å². The van der Waals surface area contributed by atoms with Gasteiger partial charge in [0.25, 0.3) is 0 Å². The summed E-state index contributed by atoms with van der Waals surface area (Å²) in [4.78, 5) is 18.3. The van der Waals surface area contributed by atoms with Crippen LogP contribution in [0.2, 0.25) is 0 Å². The SMILES string of the molecule is CC[C@@H]1COCCN1C(=O)NCCCCn1ccnc1C. The summed E-state index contributed by atoms with van der Waals surface area (Å²) < 4.78 is 7.55. The average Bonchev–Trinajstić information content (AvgIpc) is 2.92. The van der Waals surface area contributed by atoms with Gasteiger partial charge >= 0.3 is 6.03 Å². The monoisotopic (exact) mass is 294 g/mol. The van der Waals surface area contributed by atoms with Gasteiger partial charge in [-0.05, 0) is 26.2 Å². The highest BCUT2D eigenvalue weighted by Gasteiger charge is 2.25. The number of aryl methyl sites for hydroxylation is 2. The molecule has 1 aliphatic rings. The van der Waals surface area contributed by atoms with Crippen LogP contribution in [0.1, 0.15) is 32.0 Å². The molecule has 0 spiro atoms. The molecule has 1 N–H and O–H groups in total. The van der Waals surface area contributed by atoms with Crippen molar-refractivity contribution in [1.82, 2.24) is 19.8 Å². The maximum atomic E-state index is 12.2. The number of nitrogens with zero attached hydrogens (tertiary/aromatic N) is 3. The highest BCUT2D eigenvalue weighted by atomic mass is 16.5. The van der Waals surface area contributed by atoms with Gasteiger partial charge in [0.2, 0.25) is 0 Å². The van der Waals surface area contributed by atoms with E-state index in [0.29, 0.717) is 19.8 Å². The molecule has 1 atom stereocenters. The van der Waals surface area contributed by atoms with Crippen molar-refractivity contribution in [2.45, 2.75) is 45.7 Å². The Labute approximate surface area is 126 Å². The minimum atomic E-state index is 0.0453. The normalized spacial score (nSPS) is 18.8. The average molecular weight is 294 g/mol. The van der Waals surface area contributed by atoms with E-state index in [1.165, 1.54) is 0 Å². The molecule has 0 radical (unpaired) electrons. The number of hydrogen-bond acceptors (Lipinski definition) is 3. The number of imidazole rings is 1. The first-order valence-corrected chi connectivity index (χ1v) is 7.82. The van der Waals surface area contributed by atoms with E-state index in [-0.39, 0.29) is 12.1 Å². The zero-order chi connectivity index (χ0) is 15.1. The third-order valence-corrected chi connectivity index (χ3v) is 3.99. The summed E-state index contributed by atoms with van der Waals surface area (Å²) in [5.41, 5.74) is 0. The summed E-state index contributed by atoms with van der Waals surface area (Å²) in [7, 11) is 0. The highest BCUT2D eigenvalue weighted by Crippen LogP contribution is 2.10. The van der Waals surface area contributed by atoms with Crippen LogP contribution < -0.4 is 5.32 Å². The Hall–Kier alpha value is -1.56. The maximum absolute atomic E-state index is 12.2.